The number of amides is 2. The maximum Gasteiger partial charge on any atom is 0.348 e. The second kappa shape index (κ2) is 5.68. The third kappa shape index (κ3) is 2.61. The van der Waals surface area contributed by atoms with Gasteiger partial charge in [-0.2, -0.15) is 0 Å². The summed E-state index contributed by atoms with van der Waals surface area (Å²) in [7, 11) is 0. The Hall–Kier alpha value is -2.44. The van der Waals surface area contributed by atoms with Gasteiger partial charge in [0.05, 0.1) is 11.0 Å². The predicted octanol–water partition coefficient (Wildman–Crippen LogP) is 2.15. The van der Waals surface area contributed by atoms with Crippen molar-refractivity contribution < 1.29 is 14.7 Å². The molecule has 1 saturated heterocycles. The summed E-state index contributed by atoms with van der Waals surface area (Å²) in [5.74, 6) is -1.06. The van der Waals surface area contributed by atoms with Crippen LogP contribution in [0.1, 0.15) is 18.4 Å². The number of carboxylic acids is 1. The largest absolute Gasteiger partial charge is 0.480 e. The van der Waals surface area contributed by atoms with E-state index in [0.29, 0.717) is 30.1 Å². The number of nitrogens with zero attached hydrogens (tertiary/aromatic N) is 3. The highest BCUT2D eigenvalue weighted by atomic mass is 16.4. The standard InChI is InChI=1S/C13H15N3O4/c1-9-4-6-10(7-5-9)16(14-20)13(19)15-8-2-3-11(15)12(17)18/h4-7,11H,2-3,8H2,1H3,(H,17,18). The van der Waals surface area contributed by atoms with Crippen LogP contribution in [-0.4, -0.2) is 34.6 Å². The highest BCUT2D eigenvalue weighted by molar-refractivity contribution is 5.94. The van der Waals surface area contributed by atoms with Crippen LogP contribution >= 0.6 is 0 Å². The van der Waals surface area contributed by atoms with Crippen LogP contribution in [-0.2, 0) is 4.79 Å². The zero-order valence-corrected chi connectivity index (χ0v) is 11.0. The van der Waals surface area contributed by atoms with E-state index in [1.807, 2.05) is 6.92 Å². The smallest absolute Gasteiger partial charge is 0.348 e. The molecule has 1 heterocycles. The summed E-state index contributed by atoms with van der Waals surface area (Å²) < 4.78 is 0. The van der Waals surface area contributed by atoms with E-state index < -0.39 is 18.0 Å². The third-order valence-electron chi connectivity index (χ3n) is 3.32. The van der Waals surface area contributed by atoms with Crippen molar-refractivity contribution in [1.82, 2.24) is 4.90 Å². The van der Waals surface area contributed by atoms with Crippen molar-refractivity contribution in [3.8, 4) is 0 Å². The fourth-order valence-corrected chi connectivity index (χ4v) is 2.25. The van der Waals surface area contributed by atoms with Gasteiger partial charge in [-0.3, -0.25) is 0 Å². The average Bonchev–Trinajstić information content (AvgIpc) is 2.91. The van der Waals surface area contributed by atoms with Crippen molar-refractivity contribution in [2.75, 3.05) is 11.6 Å². The molecule has 1 aliphatic rings. The molecule has 1 fully saturated rings. The maximum absolute atomic E-state index is 12.3. The van der Waals surface area contributed by atoms with Gasteiger partial charge in [0.2, 0.25) is 0 Å². The van der Waals surface area contributed by atoms with Crippen molar-refractivity contribution in [2.45, 2.75) is 25.8 Å². The molecule has 1 aromatic rings. The number of hydrogen-bond acceptors (Lipinski definition) is 4. The van der Waals surface area contributed by atoms with Crippen molar-refractivity contribution >= 4 is 17.7 Å². The van der Waals surface area contributed by atoms with Crippen molar-refractivity contribution in [3.05, 3.63) is 34.7 Å². The predicted molar refractivity (Wildman–Crippen MR) is 72.2 cm³/mol. The quantitative estimate of drug-likeness (QED) is 0.677. The minimum Gasteiger partial charge on any atom is -0.480 e. The third-order valence-corrected chi connectivity index (χ3v) is 3.32. The highest BCUT2D eigenvalue weighted by Crippen LogP contribution is 2.23. The number of anilines is 1. The van der Waals surface area contributed by atoms with Crippen LogP contribution < -0.4 is 5.01 Å². The van der Waals surface area contributed by atoms with E-state index in [4.69, 9.17) is 5.11 Å². The number of carbonyl (C=O) groups excluding carboxylic acids is 1. The van der Waals surface area contributed by atoms with Crippen LogP contribution in [0.15, 0.2) is 29.6 Å². The van der Waals surface area contributed by atoms with Crippen LogP contribution in [0.3, 0.4) is 0 Å². The van der Waals surface area contributed by atoms with Gasteiger partial charge >= 0.3 is 12.0 Å². The zero-order valence-electron chi connectivity index (χ0n) is 11.0. The molecule has 0 aromatic heterocycles. The number of carbonyl (C=O) groups is 2. The summed E-state index contributed by atoms with van der Waals surface area (Å²) in [6.45, 7) is 2.19. The van der Waals surface area contributed by atoms with Crippen LogP contribution in [0.2, 0.25) is 0 Å². The molecule has 0 aliphatic carbocycles. The number of aryl methyl sites for hydroxylation is 1. The fourth-order valence-electron chi connectivity index (χ4n) is 2.25. The Balaban J connectivity index is 2.23. The lowest BCUT2D eigenvalue weighted by Gasteiger charge is -2.25. The van der Waals surface area contributed by atoms with Gasteiger partial charge in [0.25, 0.3) is 0 Å². The Morgan fingerprint density at radius 1 is 1.35 bits per heavy atom. The molecule has 1 unspecified atom stereocenters. The Morgan fingerprint density at radius 2 is 2.00 bits per heavy atom. The van der Waals surface area contributed by atoms with Crippen LogP contribution in [0, 0.1) is 11.8 Å². The number of aliphatic carboxylic acids is 1. The minimum atomic E-state index is -1.06. The van der Waals surface area contributed by atoms with E-state index in [1.54, 1.807) is 24.3 Å². The summed E-state index contributed by atoms with van der Waals surface area (Å²) in [5, 5.41) is 12.5. The average molecular weight is 277 g/mol. The fraction of sp³-hybridized carbons (Fsp3) is 0.385. The van der Waals surface area contributed by atoms with E-state index in [-0.39, 0.29) is 0 Å². The van der Waals surface area contributed by atoms with E-state index in [0.717, 1.165) is 5.56 Å². The van der Waals surface area contributed by atoms with Crippen molar-refractivity contribution in [3.63, 3.8) is 0 Å². The van der Waals surface area contributed by atoms with E-state index in [1.165, 1.54) is 4.90 Å². The van der Waals surface area contributed by atoms with Crippen molar-refractivity contribution in [2.24, 2.45) is 5.29 Å². The van der Waals surface area contributed by atoms with Crippen LogP contribution in [0.5, 0.6) is 0 Å². The first kappa shape index (κ1) is 14.0. The number of rotatable bonds is 3. The van der Waals surface area contributed by atoms with Gasteiger partial charge < -0.3 is 10.0 Å². The molecule has 7 nitrogen and oxygen atoms in total. The van der Waals surface area contributed by atoms with Gasteiger partial charge in [-0.05, 0) is 31.9 Å². The minimum absolute atomic E-state index is 0.313. The molecule has 0 bridgehead atoms. The van der Waals surface area contributed by atoms with Gasteiger partial charge in [0.15, 0.2) is 0 Å². The molecular weight excluding hydrogens is 262 g/mol. The Bertz CT molecular complexity index is 529. The molecular formula is C13H15N3O4. The molecule has 1 N–H and O–H groups in total. The van der Waals surface area contributed by atoms with Crippen LogP contribution in [0.4, 0.5) is 10.5 Å². The zero-order chi connectivity index (χ0) is 14.7. The second-order valence-corrected chi connectivity index (χ2v) is 4.70. The van der Waals surface area contributed by atoms with Gasteiger partial charge in [-0.1, -0.05) is 17.7 Å². The molecule has 0 spiro atoms. The molecule has 106 valence electrons. The maximum atomic E-state index is 12.3. The lowest BCUT2D eigenvalue weighted by atomic mass is 10.2. The lowest BCUT2D eigenvalue weighted by molar-refractivity contribution is -0.141. The van der Waals surface area contributed by atoms with Gasteiger partial charge in [0, 0.05) is 6.54 Å². The number of likely N-dealkylation sites (tertiary alicyclic amines) is 1. The molecule has 0 radical (unpaired) electrons. The summed E-state index contributed by atoms with van der Waals surface area (Å²) in [6, 6.07) is 5.10. The number of hydrogen-bond donors (Lipinski definition) is 1. The Morgan fingerprint density at radius 3 is 2.55 bits per heavy atom. The van der Waals surface area contributed by atoms with Gasteiger partial charge in [0.1, 0.15) is 6.04 Å². The molecule has 2 rings (SSSR count). The molecule has 1 aliphatic heterocycles. The molecule has 1 aromatic carbocycles. The molecule has 2 amide bonds. The van der Waals surface area contributed by atoms with E-state index in [9.17, 15) is 14.5 Å². The highest BCUT2D eigenvalue weighted by Gasteiger charge is 2.37. The molecule has 20 heavy (non-hydrogen) atoms. The SMILES string of the molecule is Cc1ccc(N(N=O)C(=O)N2CCCC2C(=O)O)cc1. The summed E-state index contributed by atoms with van der Waals surface area (Å²) in [5.41, 5.74) is 1.31. The Labute approximate surface area is 115 Å². The van der Waals surface area contributed by atoms with Crippen LogP contribution in [0.25, 0.3) is 0 Å². The number of urea groups is 1. The van der Waals surface area contributed by atoms with Gasteiger partial charge in [-0.25, -0.2) is 9.59 Å². The Kier molecular flexibility index (Phi) is 3.97. The summed E-state index contributed by atoms with van der Waals surface area (Å²) in [6.07, 6.45) is 0.991. The number of benzene rings is 1. The first-order valence-corrected chi connectivity index (χ1v) is 6.28. The monoisotopic (exact) mass is 277 g/mol. The number of carboxylic acid groups (broad SMARTS) is 1. The molecule has 7 heteroatoms. The first-order valence-electron chi connectivity index (χ1n) is 6.28. The van der Waals surface area contributed by atoms with Crippen molar-refractivity contribution in [1.29, 1.82) is 0 Å². The molecule has 0 saturated carbocycles. The second-order valence-electron chi connectivity index (χ2n) is 4.70. The normalized spacial score (nSPS) is 17.9. The lowest BCUT2D eigenvalue weighted by Crippen LogP contribution is -2.46. The van der Waals surface area contributed by atoms with Gasteiger partial charge in [-0.15, -0.1) is 9.92 Å². The van der Waals surface area contributed by atoms with E-state index in [2.05, 4.69) is 5.29 Å². The molecule has 1 atom stereocenters. The van der Waals surface area contributed by atoms with E-state index >= 15 is 0 Å². The summed E-state index contributed by atoms with van der Waals surface area (Å²) in [4.78, 5) is 35.5. The first-order chi connectivity index (χ1) is 9.54. The summed E-state index contributed by atoms with van der Waals surface area (Å²) >= 11 is 0. The number of nitroso groups, excluding NO2 is 1. The topological polar surface area (TPSA) is 90.3 Å².